The van der Waals surface area contributed by atoms with Crippen LogP contribution in [0.2, 0.25) is 0 Å². The van der Waals surface area contributed by atoms with E-state index in [0.29, 0.717) is 13.2 Å². The van der Waals surface area contributed by atoms with Crippen molar-refractivity contribution in [2.75, 3.05) is 40.0 Å². The van der Waals surface area contributed by atoms with E-state index in [1.54, 1.807) is 7.11 Å². The average molecular weight is 306 g/mol. The minimum Gasteiger partial charge on any atom is -0.497 e. The van der Waals surface area contributed by atoms with Gasteiger partial charge in [0.15, 0.2) is 0 Å². The number of rotatable bonds is 8. The van der Waals surface area contributed by atoms with E-state index >= 15 is 0 Å². The lowest BCUT2D eigenvalue weighted by molar-refractivity contribution is -0.125. The minimum atomic E-state index is -0.0560. The van der Waals surface area contributed by atoms with Gasteiger partial charge in [-0.3, -0.25) is 9.69 Å². The zero-order valence-electron chi connectivity index (χ0n) is 13.5. The van der Waals surface area contributed by atoms with Crippen molar-refractivity contribution in [3.8, 4) is 5.75 Å². The Bertz CT molecular complexity index is 455. The van der Waals surface area contributed by atoms with Crippen molar-refractivity contribution < 1.29 is 14.3 Å². The Morgan fingerprint density at radius 1 is 1.27 bits per heavy atom. The van der Waals surface area contributed by atoms with Gasteiger partial charge in [-0.15, -0.1) is 0 Å². The molecule has 0 bridgehead atoms. The number of hydrogen-bond donors (Lipinski definition) is 1. The van der Waals surface area contributed by atoms with Crippen LogP contribution in [0.1, 0.15) is 31.4 Å². The van der Waals surface area contributed by atoms with Gasteiger partial charge < -0.3 is 14.8 Å². The summed E-state index contributed by atoms with van der Waals surface area (Å²) in [5.74, 6) is 0.795. The molecule has 1 atom stereocenters. The zero-order valence-corrected chi connectivity index (χ0v) is 13.5. The van der Waals surface area contributed by atoms with Crippen molar-refractivity contribution in [1.29, 1.82) is 0 Å². The van der Waals surface area contributed by atoms with Crippen LogP contribution in [0, 0.1) is 0 Å². The van der Waals surface area contributed by atoms with Crippen molar-refractivity contribution in [2.45, 2.75) is 25.8 Å². The van der Waals surface area contributed by atoms with Crippen molar-refractivity contribution in [1.82, 2.24) is 10.2 Å². The number of carbonyl (C=O) groups excluding carboxylic acids is 1. The van der Waals surface area contributed by atoms with Crippen LogP contribution in [0.5, 0.6) is 5.75 Å². The lowest BCUT2D eigenvalue weighted by atomic mass is 10.1. The Labute approximate surface area is 132 Å². The summed E-state index contributed by atoms with van der Waals surface area (Å²) in [5, 5.41) is 2.98. The summed E-state index contributed by atoms with van der Waals surface area (Å²) in [6.07, 6.45) is 2.44. The molecule has 0 aromatic heterocycles. The highest BCUT2D eigenvalue weighted by Crippen LogP contribution is 2.26. The normalized spacial score (nSPS) is 16.5. The maximum absolute atomic E-state index is 11.8. The Kier molecular flexibility index (Phi) is 6.68. The molecule has 1 N–H and O–H groups in total. The summed E-state index contributed by atoms with van der Waals surface area (Å²) in [5.41, 5.74) is 1.21. The van der Waals surface area contributed by atoms with E-state index in [2.05, 4.69) is 22.3 Å². The number of nitrogens with zero attached hydrogens (tertiary/aromatic N) is 1. The number of likely N-dealkylation sites (tertiary alicyclic amines) is 1. The Balaban J connectivity index is 2.00. The third-order valence-electron chi connectivity index (χ3n) is 4.01. The van der Waals surface area contributed by atoms with Gasteiger partial charge in [0.25, 0.3) is 0 Å². The highest BCUT2D eigenvalue weighted by molar-refractivity contribution is 5.77. The highest BCUT2D eigenvalue weighted by Gasteiger charge is 2.23. The van der Waals surface area contributed by atoms with Gasteiger partial charge in [0.2, 0.25) is 5.91 Å². The number of amides is 1. The lowest BCUT2D eigenvalue weighted by Gasteiger charge is -2.28. The molecule has 1 saturated heterocycles. The SMILES string of the molecule is CCOCC(=O)NCC(c1ccc(OC)cc1)N1CCCC1. The van der Waals surface area contributed by atoms with Crippen molar-refractivity contribution in [3.05, 3.63) is 29.8 Å². The molecule has 0 radical (unpaired) electrons. The highest BCUT2D eigenvalue weighted by atomic mass is 16.5. The van der Waals surface area contributed by atoms with E-state index in [1.165, 1.54) is 18.4 Å². The van der Waals surface area contributed by atoms with E-state index in [-0.39, 0.29) is 18.6 Å². The average Bonchev–Trinajstić information content (AvgIpc) is 3.08. The third-order valence-corrected chi connectivity index (χ3v) is 4.01. The van der Waals surface area contributed by atoms with Crippen LogP contribution < -0.4 is 10.1 Å². The van der Waals surface area contributed by atoms with Crippen LogP contribution >= 0.6 is 0 Å². The fraction of sp³-hybridized carbons (Fsp3) is 0.588. The molecular weight excluding hydrogens is 280 g/mol. The number of methoxy groups -OCH3 is 1. The van der Waals surface area contributed by atoms with E-state index in [9.17, 15) is 4.79 Å². The van der Waals surface area contributed by atoms with E-state index < -0.39 is 0 Å². The topological polar surface area (TPSA) is 50.8 Å². The summed E-state index contributed by atoms with van der Waals surface area (Å²) >= 11 is 0. The lowest BCUT2D eigenvalue weighted by Crippen LogP contribution is -2.38. The number of nitrogens with one attached hydrogen (secondary N) is 1. The number of hydrogen-bond acceptors (Lipinski definition) is 4. The van der Waals surface area contributed by atoms with Gasteiger partial charge in [-0.25, -0.2) is 0 Å². The van der Waals surface area contributed by atoms with Gasteiger partial charge in [0.05, 0.1) is 13.2 Å². The molecule has 22 heavy (non-hydrogen) atoms. The Morgan fingerprint density at radius 3 is 2.55 bits per heavy atom. The molecule has 1 aromatic rings. The molecule has 1 aliphatic rings. The monoisotopic (exact) mass is 306 g/mol. The molecular formula is C17H26N2O3. The van der Waals surface area contributed by atoms with Crippen LogP contribution in [-0.2, 0) is 9.53 Å². The van der Waals surface area contributed by atoms with Crippen molar-refractivity contribution in [2.24, 2.45) is 0 Å². The molecule has 1 aliphatic heterocycles. The molecule has 0 aliphatic carbocycles. The van der Waals surface area contributed by atoms with Gasteiger partial charge in [0.1, 0.15) is 12.4 Å². The number of ether oxygens (including phenoxy) is 2. The van der Waals surface area contributed by atoms with Gasteiger partial charge in [-0.1, -0.05) is 12.1 Å². The molecule has 1 heterocycles. The fourth-order valence-corrected chi connectivity index (χ4v) is 2.79. The molecule has 122 valence electrons. The molecule has 1 fully saturated rings. The van der Waals surface area contributed by atoms with Crippen molar-refractivity contribution >= 4 is 5.91 Å². The quantitative estimate of drug-likeness (QED) is 0.798. The second-order valence-corrected chi connectivity index (χ2v) is 5.47. The zero-order chi connectivity index (χ0) is 15.8. The molecule has 1 unspecified atom stereocenters. The first-order valence-corrected chi connectivity index (χ1v) is 7.97. The van der Waals surface area contributed by atoms with Gasteiger partial charge in [-0.2, -0.15) is 0 Å². The van der Waals surface area contributed by atoms with E-state index in [4.69, 9.17) is 9.47 Å². The summed E-state index contributed by atoms with van der Waals surface area (Å²) in [4.78, 5) is 14.2. The summed E-state index contributed by atoms with van der Waals surface area (Å²) in [6, 6.07) is 8.31. The molecule has 1 amide bonds. The number of benzene rings is 1. The first-order valence-electron chi connectivity index (χ1n) is 7.97. The van der Waals surface area contributed by atoms with Crippen LogP contribution in [0.25, 0.3) is 0 Å². The molecule has 0 saturated carbocycles. The summed E-state index contributed by atoms with van der Waals surface area (Å²) < 4.78 is 10.4. The maximum Gasteiger partial charge on any atom is 0.246 e. The first-order chi connectivity index (χ1) is 10.7. The van der Waals surface area contributed by atoms with Crippen LogP contribution in [0.3, 0.4) is 0 Å². The first kappa shape index (κ1) is 16.8. The van der Waals surface area contributed by atoms with E-state index in [0.717, 1.165) is 18.8 Å². The molecule has 2 rings (SSSR count). The predicted octanol–water partition coefficient (Wildman–Crippen LogP) is 1.98. The molecule has 5 nitrogen and oxygen atoms in total. The smallest absolute Gasteiger partial charge is 0.246 e. The summed E-state index contributed by atoms with van der Waals surface area (Å²) in [7, 11) is 1.67. The van der Waals surface area contributed by atoms with Gasteiger partial charge in [-0.05, 0) is 50.6 Å². The molecule has 1 aromatic carbocycles. The standard InChI is InChI=1S/C17H26N2O3/c1-3-22-13-17(20)18-12-16(19-10-4-5-11-19)14-6-8-15(21-2)9-7-14/h6-9,16H,3-5,10-13H2,1-2H3,(H,18,20). The second-order valence-electron chi connectivity index (χ2n) is 5.47. The van der Waals surface area contributed by atoms with Crippen LogP contribution in [-0.4, -0.2) is 50.8 Å². The maximum atomic E-state index is 11.8. The second kappa shape index (κ2) is 8.76. The Morgan fingerprint density at radius 2 is 1.95 bits per heavy atom. The predicted molar refractivity (Wildman–Crippen MR) is 86.0 cm³/mol. The Hall–Kier alpha value is -1.59. The van der Waals surface area contributed by atoms with Gasteiger partial charge >= 0.3 is 0 Å². The van der Waals surface area contributed by atoms with Crippen LogP contribution in [0.4, 0.5) is 0 Å². The fourth-order valence-electron chi connectivity index (χ4n) is 2.79. The molecule has 5 heteroatoms. The summed E-state index contributed by atoms with van der Waals surface area (Å²) in [6.45, 7) is 5.35. The third kappa shape index (κ3) is 4.71. The number of carbonyl (C=O) groups is 1. The van der Waals surface area contributed by atoms with Crippen molar-refractivity contribution in [3.63, 3.8) is 0 Å². The largest absolute Gasteiger partial charge is 0.497 e. The van der Waals surface area contributed by atoms with E-state index in [1.807, 2.05) is 19.1 Å². The van der Waals surface area contributed by atoms with Gasteiger partial charge in [0, 0.05) is 13.2 Å². The minimum absolute atomic E-state index is 0.0560. The molecule has 0 spiro atoms. The van der Waals surface area contributed by atoms with Crippen LogP contribution in [0.15, 0.2) is 24.3 Å².